The Hall–Kier alpha value is -1.75. The quantitative estimate of drug-likeness (QED) is 0.856. The summed E-state index contributed by atoms with van der Waals surface area (Å²) in [5.41, 5.74) is 8.47. The lowest BCUT2D eigenvalue weighted by Gasteiger charge is -2.40. The van der Waals surface area contributed by atoms with Gasteiger partial charge in [-0.3, -0.25) is 0 Å². The Balaban J connectivity index is 1.77. The molecule has 0 aromatic heterocycles. The van der Waals surface area contributed by atoms with Crippen molar-refractivity contribution in [3.05, 3.63) is 29.3 Å². The maximum absolute atomic E-state index is 12.3. The van der Waals surface area contributed by atoms with Gasteiger partial charge in [-0.15, -0.1) is 0 Å². The molecule has 24 heavy (non-hydrogen) atoms. The van der Waals surface area contributed by atoms with Crippen LogP contribution in [0.15, 0.2) is 18.2 Å². The Morgan fingerprint density at radius 1 is 1.29 bits per heavy atom. The van der Waals surface area contributed by atoms with Gasteiger partial charge in [-0.1, -0.05) is 12.1 Å². The van der Waals surface area contributed by atoms with Crippen molar-refractivity contribution < 1.29 is 14.3 Å². The van der Waals surface area contributed by atoms with E-state index in [1.54, 1.807) is 7.11 Å². The van der Waals surface area contributed by atoms with Crippen molar-refractivity contribution in [2.75, 3.05) is 20.2 Å². The molecule has 3 rings (SSSR count). The summed E-state index contributed by atoms with van der Waals surface area (Å²) in [6.07, 6.45) is 2.54. The summed E-state index contributed by atoms with van der Waals surface area (Å²) >= 11 is 0. The van der Waals surface area contributed by atoms with Crippen LogP contribution in [-0.2, 0) is 10.2 Å². The molecule has 1 amide bonds. The van der Waals surface area contributed by atoms with Crippen LogP contribution in [-0.4, -0.2) is 36.8 Å². The molecular weight excluding hydrogens is 304 g/mol. The molecule has 0 bridgehead atoms. The smallest absolute Gasteiger partial charge is 0.410 e. The van der Waals surface area contributed by atoms with Gasteiger partial charge in [0.1, 0.15) is 11.4 Å². The molecule has 1 aromatic carbocycles. The molecule has 1 fully saturated rings. The summed E-state index contributed by atoms with van der Waals surface area (Å²) < 4.78 is 11.0. The molecule has 1 unspecified atom stereocenters. The first kappa shape index (κ1) is 17.1. The zero-order chi connectivity index (χ0) is 17.5. The SMILES string of the molecule is COc1cccc2c1C(N)CC21CCN(C(=O)OC(C)(C)C)CC1. The minimum atomic E-state index is -0.456. The summed E-state index contributed by atoms with van der Waals surface area (Å²) in [4.78, 5) is 14.1. The second-order valence-corrected chi connectivity index (χ2v) is 7.98. The normalized spacial score (nSPS) is 22.4. The predicted octanol–water partition coefficient (Wildman–Crippen LogP) is 3.37. The van der Waals surface area contributed by atoms with Crippen LogP contribution >= 0.6 is 0 Å². The molecule has 5 heteroatoms. The highest BCUT2D eigenvalue weighted by molar-refractivity contribution is 5.68. The summed E-state index contributed by atoms with van der Waals surface area (Å²) in [5, 5.41) is 0. The number of likely N-dealkylation sites (tertiary alicyclic amines) is 1. The number of amides is 1. The van der Waals surface area contributed by atoms with Crippen molar-refractivity contribution in [1.82, 2.24) is 4.90 Å². The van der Waals surface area contributed by atoms with Gasteiger partial charge in [0.2, 0.25) is 0 Å². The van der Waals surface area contributed by atoms with Gasteiger partial charge >= 0.3 is 6.09 Å². The first-order valence-corrected chi connectivity index (χ1v) is 8.67. The minimum absolute atomic E-state index is 0.00391. The van der Waals surface area contributed by atoms with E-state index in [1.807, 2.05) is 37.8 Å². The number of methoxy groups -OCH3 is 1. The van der Waals surface area contributed by atoms with E-state index >= 15 is 0 Å². The van der Waals surface area contributed by atoms with Gasteiger partial charge in [0, 0.05) is 30.1 Å². The van der Waals surface area contributed by atoms with E-state index in [2.05, 4.69) is 6.07 Å². The van der Waals surface area contributed by atoms with E-state index in [0.717, 1.165) is 30.6 Å². The molecule has 1 aromatic rings. The van der Waals surface area contributed by atoms with Crippen molar-refractivity contribution in [3.63, 3.8) is 0 Å². The zero-order valence-electron chi connectivity index (χ0n) is 15.1. The molecule has 1 aliphatic carbocycles. The van der Waals surface area contributed by atoms with E-state index in [9.17, 15) is 4.79 Å². The molecule has 1 atom stereocenters. The van der Waals surface area contributed by atoms with Crippen molar-refractivity contribution >= 4 is 6.09 Å². The van der Waals surface area contributed by atoms with Gasteiger partial charge in [0.15, 0.2) is 0 Å². The third-order valence-electron chi connectivity index (χ3n) is 5.21. The Morgan fingerprint density at radius 2 is 1.96 bits per heavy atom. The summed E-state index contributed by atoms with van der Waals surface area (Å²) in [6.45, 7) is 7.11. The number of hydrogen-bond donors (Lipinski definition) is 1. The van der Waals surface area contributed by atoms with Gasteiger partial charge in [0.25, 0.3) is 0 Å². The standard InChI is InChI=1S/C19H28N2O3/c1-18(2,3)24-17(22)21-10-8-19(9-11-21)12-14(20)16-13(19)6-5-7-15(16)23-4/h5-7,14H,8-12,20H2,1-4H3. The monoisotopic (exact) mass is 332 g/mol. The average molecular weight is 332 g/mol. The summed E-state index contributed by atoms with van der Waals surface area (Å²) in [7, 11) is 1.69. The van der Waals surface area contributed by atoms with Crippen LogP contribution in [0.5, 0.6) is 5.75 Å². The third-order valence-corrected chi connectivity index (χ3v) is 5.21. The summed E-state index contributed by atoms with van der Waals surface area (Å²) in [5.74, 6) is 0.881. The molecule has 2 aliphatic rings. The fraction of sp³-hybridized carbons (Fsp3) is 0.632. The number of piperidine rings is 1. The van der Waals surface area contributed by atoms with Crippen LogP contribution in [0.3, 0.4) is 0 Å². The molecule has 1 spiro atoms. The van der Waals surface area contributed by atoms with Crippen molar-refractivity contribution in [2.45, 2.75) is 57.1 Å². The maximum Gasteiger partial charge on any atom is 0.410 e. The van der Waals surface area contributed by atoms with E-state index in [-0.39, 0.29) is 17.6 Å². The lowest BCUT2D eigenvalue weighted by Crippen LogP contribution is -2.46. The molecule has 0 radical (unpaired) electrons. The van der Waals surface area contributed by atoms with Crippen molar-refractivity contribution in [1.29, 1.82) is 0 Å². The van der Waals surface area contributed by atoms with E-state index < -0.39 is 5.60 Å². The van der Waals surface area contributed by atoms with Crippen LogP contribution in [0.2, 0.25) is 0 Å². The third kappa shape index (κ3) is 2.97. The Bertz CT molecular complexity index is 628. The molecule has 1 aliphatic heterocycles. The number of nitrogens with zero attached hydrogens (tertiary/aromatic N) is 1. The van der Waals surface area contributed by atoms with Gasteiger partial charge in [-0.25, -0.2) is 4.79 Å². The van der Waals surface area contributed by atoms with Gasteiger partial charge in [0.05, 0.1) is 7.11 Å². The van der Waals surface area contributed by atoms with Crippen molar-refractivity contribution in [3.8, 4) is 5.75 Å². The number of fused-ring (bicyclic) bond motifs is 2. The molecule has 2 N–H and O–H groups in total. The predicted molar refractivity (Wildman–Crippen MR) is 93.3 cm³/mol. The van der Waals surface area contributed by atoms with Gasteiger partial charge in [-0.2, -0.15) is 0 Å². The number of rotatable bonds is 1. The molecule has 0 saturated carbocycles. The van der Waals surface area contributed by atoms with Crippen LogP contribution < -0.4 is 10.5 Å². The maximum atomic E-state index is 12.3. The second kappa shape index (κ2) is 5.96. The van der Waals surface area contributed by atoms with Gasteiger partial charge < -0.3 is 20.1 Å². The number of hydrogen-bond acceptors (Lipinski definition) is 4. The second-order valence-electron chi connectivity index (χ2n) is 7.98. The zero-order valence-corrected chi connectivity index (χ0v) is 15.1. The van der Waals surface area contributed by atoms with E-state index in [1.165, 1.54) is 5.56 Å². The first-order chi connectivity index (χ1) is 11.3. The number of carbonyl (C=O) groups excluding carboxylic acids is 1. The highest BCUT2D eigenvalue weighted by atomic mass is 16.6. The fourth-order valence-electron chi connectivity index (χ4n) is 4.12. The topological polar surface area (TPSA) is 64.8 Å². The fourth-order valence-corrected chi connectivity index (χ4v) is 4.12. The lowest BCUT2D eigenvalue weighted by molar-refractivity contribution is 0.0162. The number of benzene rings is 1. The van der Waals surface area contributed by atoms with E-state index in [0.29, 0.717) is 13.1 Å². The summed E-state index contributed by atoms with van der Waals surface area (Å²) in [6, 6.07) is 6.20. The number of ether oxygens (including phenoxy) is 2. The Kier molecular flexibility index (Phi) is 4.24. The average Bonchev–Trinajstić information content (AvgIpc) is 2.79. The van der Waals surface area contributed by atoms with Crippen LogP contribution in [0.1, 0.15) is 57.2 Å². The first-order valence-electron chi connectivity index (χ1n) is 8.67. The highest BCUT2D eigenvalue weighted by Gasteiger charge is 2.46. The molecule has 132 valence electrons. The van der Waals surface area contributed by atoms with Crippen LogP contribution in [0.4, 0.5) is 4.79 Å². The van der Waals surface area contributed by atoms with E-state index in [4.69, 9.17) is 15.2 Å². The Morgan fingerprint density at radius 3 is 2.54 bits per heavy atom. The largest absolute Gasteiger partial charge is 0.496 e. The number of nitrogens with two attached hydrogens (primary N) is 1. The molecule has 1 heterocycles. The van der Waals surface area contributed by atoms with Crippen molar-refractivity contribution in [2.24, 2.45) is 5.73 Å². The number of carbonyl (C=O) groups is 1. The van der Waals surface area contributed by atoms with Crippen LogP contribution in [0.25, 0.3) is 0 Å². The lowest BCUT2D eigenvalue weighted by atomic mass is 9.73. The molecular formula is C19H28N2O3. The Labute approximate surface area is 144 Å². The molecule has 1 saturated heterocycles. The molecule has 5 nitrogen and oxygen atoms in total. The highest BCUT2D eigenvalue weighted by Crippen LogP contribution is 2.52. The minimum Gasteiger partial charge on any atom is -0.496 e. The van der Waals surface area contributed by atoms with Crippen LogP contribution in [0, 0.1) is 0 Å². The van der Waals surface area contributed by atoms with Gasteiger partial charge in [-0.05, 0) is 51.7 Å².